The van der Waals surface area contributed by atoms with Crippen molar-refractivity contribution in [3.63, 3.8) is 0 Å². The average molecular weight is 472 g/mol. The van der Waals surface area contributed by atoms with Crippen molar-refractivity contribution in [1.82, 2.24) is 9.62 Å². The van der Waals surface area contributed by atoms with Crippen molar-refractivity contribution in [2.24, 2.45) is 0 Å². The second kappa shape index (κ2) is 9.88. The quantitative estimate of drug-likeness (QED) is 0.637. The van der Waals surface area contributed by atoms with Crippen molar-refractivity contribution in [2.75, 3.05) is 20.2 Å². The van der Waals surface area contributed by atoms with Crippen LogP contribution in [0.15, 0.2) is 53.4 Å². The van der Waals surface area contributed by atoms with E-state index >= 15 is 0 Å². The molecule has 1 fully saturated rings. The summed E-state index contributed by atoms with van der Waals surface area (Å²) >= 11 is 0. The van der Waals surface area contributed by atoms with Crippen LogP contribution in [0.5, 0.6) is 5.75 Å². The minimum atomic E-state index is -4.78. The maximum absolute atomic E-state index is 12.8. The Bertz CT molecular complexity index is 1040. The Kier molecular flexibility index (Phi) is 7.42. The molecule has 1 amide bonds. The second-order valence-electron chi connectivity index (χ2n) is 7.37. The molecule has 0 aliphatic carbocycles. The van der Waals surface area contributed by atoms with Gasteiger partial charge in [-0.2, -0.15) is 0 Å². The Labute approximate surface area is 184 Å². The van der Waals surface area contributed by atoms with Gasteiger partial charge in [-0.15, -0.1) is 13.2 Å². The van der Waals surface area contributed by atoms with Crippen LogP contribution in [0.3, 0.4) is 0 Å². The fourth-order valence-corrected chi connectivity index (χ4v) is 4.36. The van der Waals surface area contributed by atoms with E-state index in [2.05, 4.69) is 9.46 Å². The monoisotopic (exact) mass is 472 g/mol. The SMILES string of the molecule is CN(Cc1ccc(OC(F)(F)F)cc1)C(=O)c1cccc(S(=O)(=O)NCC2CCCO2)c1. The van der Waals surface area contributed by atoms with E-state index in [-0.39, 0.29) is 35.4 Å². The summed E-state index contributed by atoms with van der Waals surface area (Å²) in [6.45, 7) is 0.884. The fourth-order valence-electron chi connectivity index (χ4n) is 3.25. The minimum absolute atomic E-state index is 0.0385. The van der Waals surface area contributed by atoms with Gasteiger partial charge in [0.1, 0.15) is 5.75 Å². The molecule has 2 aromatic carbocycles. The van der Waals surface area contributed by atoms with Crippen molar-refractivity contribution >= 4 is 15.9 Å². The zero-order chi connectivity index (χ0) is 23.4. The first-order valence-corrected chi connectivity index (χ1v) is 11.3. The molecule has 1 atom stereocenters. The van der Waals surface area contributed by atoms with Gasteiger partial charge in [-0.25, -0.2) is 13.1 Å². The van der Waals surface area contributed by atoms with Crippen LogP contribution in [-0.2, 0) is 21.3 Å². The maximum atomic E-state index is 12.8. The van der Waals surface area contributed by atoms with E-state index in [1.165, 1.54) is 48.3 Å². The van der Waals surface area contributed by atoms with Gasteiger partial charge in [0.2, 0.25) is 10.0 Å². The van der Waals surface area contributed by atoms with E-state index in [0.717, 1.165) is 25.0 Å². The number of alkyl halides is 3. The Hall–Kier alpha value is -2.63. The Balaban J connectivity index is 1.64. The van der Waals surface area contributed by atoms with Crippen LogP contribution in [0, 0.1) is 0 Å². The molecule has 0 aromatic heterocycles. The molecule has 1 aliphatic rings. The molecule has 1 heterocycles. The fraction of sp³-hybridized carbons (Fsp3) is 0.381. The van der Waals surface area contributed by atoms with Crippen LogP contribution in [0.1, 0.15) is 28.8 Å². The molecule has 11 heteroatoms. The summed E-state index contributed by atoms with van der Waals surface area (Å²) in [7, 11) is -2.30. The summed E-state index contributed by atoms with van der Waals surface area (Å²) in [5, 5.41) is 0. The zero-order valence-electron chi connectivity index (χ0n) is 17.3. The number of carbonyl (C=O) groups excluding carboxylic acids is 1. The Morgan fingerprint density at radius 1 is 1.22 bits per heavy atom. The highest BCUT2D eigenvalue weighted by Gasteiger charge is 2.31. The summed E-state index contributed by atoms with van der Waals surface area (Å²) in [6, 6.07) is 10.8. The number of ether oxygens (including phenoxy) is 2. The second-order valence-corrected chi connectivity index (χ2v) is 9.13. The number of rotatable bonds is 8. The molecular formula is C21H23F3N2O5S. The maximum Gasteiger partial charge on any atom is 0.573 e. The van der Waals surface area contributed by atoms with Gasteiger partial charge < -0.3 is 14.4 Å². The number of nitrogens with zero attached hydrogens (tertiary/aromatic N) is 1. The number of sulfonamides is 1. The van der Waals surface area contributed by atoms with Crippen molar-refractivity contribution < 1.29 is 35.9 Å². The zero-order valence-corrected chi connectivity index (χ0v) is 18.1. The molecular weight excluding hydrogens is 449 g/mol. The van der Waals surface area contributed by atoms with E-state index in [4.69, 9.17) is 4.74 Å². The van der Waals surface area contributed by atoms with Crippen LogP contribution >= 0.6 is 0 Å². The molecule has 0 spiro atoms. The molecule has 32 heavy (non-hydrogen) atoms. The van der Waals surface area contributed by atoms with E-state index in [0.29, 0.717) is 12.2 Å². The standard InChI is InChI=1S/C21H23F3N2O5S/c1-26(14-15-7-9-17(10-8-15)31-21(22,23)24)20(27)16-4-2-6-19(12-16)32(28,29)25-13-18-5-3-11-30-18/h2,4,6-10,12,18,25H,3,5,11,13-14H2,1H3. The first-order valence-electron chi connectivity index (χ1n) is 9.85. The number of amides is 1. The first kappa shape index (κ1) is 24.0. The smallest absolute Gasteiger partial charge is 0.406 e. The molecule has 2 aromatic rings. The lowest BCUT2D eigenvalue weighted by Gasteiger charge is -2.18. The minimum Gasteiger partial charge on any atom is -0.406 e. The third kappa shape index (κ3) is 6.68. The molecule has 1 unspecified atom stereocenters. The number of hydrogen-bond acceptors (Lipinski definition) is 5. The van der Waals surface area contributed by atoms with E-state index in [9.17, 15) is 26.4 Å². The number of halogens is 3. The molecule has 7 nitrogen and oxygen atoms in total. The van der Waals surface area contributed by atoms with Gasteiger partial charge in [0, 0.05) is 32.3 Å². The average Bonchev–Trinajstić information content (AvgIpc) is 3.26. The van der Waals surface area contributed by atoms with Gasteiger partial charge in [-0.3, -0.25) is 4.79 Å². The van der Waals surface area contributed by atoms with Crippen LogP contribution < -0.4 is 9.46 Å². The van der Waals surface area contributed by atoms with Crippen molar-refractivity contribution in [2.45, 2.75) is 36.7 Å². The predicted octanol–water partition coefficient (Wildman–Crippen LogP) is 3.31. The van der Waals surface area contributed by atoms with Crippen molar-refractivity contribution in [3.8, 4) is 5.75 Å². The van der Waals surface area contributed by atoms with Crippen molar-refractivity contribution in [3.05, 3.63) is 59.7 Å². The third-order valence-corrected chi connectivity index (χ3v) is 6.26. The molecule has 0 bridgehead atoms. The molecule has 3 rings (SSSR count). The lowest BCUT2D eigenvalue weighted by Crippen LogP contribution is -2.32. The van der Waals surface area contributed by atoms with Crippen LogP contribution in [0.25, 0.3) is 0 Å². The summed E-state index contributed by atoms with van der Waals surface area (Å²) in [6.07, 6.45) is -3.26. The molecule has 0 saturated carbocycles. The largest absolute Gasteiger partial charge is 0.573 e. The predicted molar refractivity (Wildman–Crippen MR) is 110 cm³/mol. The van der Waals surface area contributed by atoms with Gasteiger partial charge in [-0.1, -0.05) is 18.2 Å². The number of benzene rings is 2. The van der Waals surface area contributed by atoms with Crippen LogP contribution in [-0.4, -0.2) is 51.9 Å². The lowest BCUT2D eigenvalue weighted by atomic mass is 10.1. The first-order chi connectivity index (χ1) is 15.0. The van der Waals surface area contributed by atoms with Gasteiger partial charge in [0.05, 0.1) is 11.0 Å². The lowest BCUT2D eigenvalue weighted by molar-refractivity contribution is -0.274. The summed E-state index contributed by atoms with van der Waals surface area (Å²) < 4.78 is 73.7. The van der Waals surface area contributed by atoms with Crippen molar-refractivity contribution in [1.29, 1.82) is 0 Å². The topological polar surface area (TPSA) is 84.9 Å². The molecule has 1 N–H and O–H groups in total. The van der Waals surface area contributed by atoms with Gasteiger partial charge in [0.15, 0.2) is 0 Å². The molecule has 1 aliphatic heterocycles. The van der Waals surface area contributed by atoms with Gasteiger partial charge >= 0.3 is 6.36 Å². The number of carbonyl (C=O) groups is 1. The van der Waals surface area contributed by atoms with Crippen LogP contribution in [0.2, 0.25) is 0 Å². The summed E-state index contributed by atoms with van der Waals surface area (Å²) in [5.74, 6) is -0.791. The molecule has 1 saturated heterocycles. The summed E-state index contributed by atoms with van der Waals surface area (Å²) in [4.78, 5) is 14.1. The summed E-state index contributed by atoms with van der Waals surface area (Å²) in [5.41, 5.74) is 0.752. The van der Waals surface area contributed by atoms with E-state index < -0.39 is 22.3 Å². The highest BCUT2D eigenvalue weighted by atomic mass is 32.2. The van der Waals surface area contributed by atoms with E-state index in [1.54, 1.807) is 0 Å². The Morgan fingerprint density at radius 2 is 1.94 bits per heavy atom. The van der Waals surface area contributed by atoms with E-state index in [1.807, 2.05) is 0 Å². The highest BCUT2D eigenvalue weighted by molar-refractivity contribution is 7.89. The number of nitrogens with one attached hydrogen (secondary N) is 1. The van der Waals surface area contributed by atoms with Gasteiger partial charge in [0.25, 0.3) is 5.91 Å². The third-order valence-electron chi connectivity index (χ3n) is 4.84. The molecule has 174 valence electrons. The highest BCUT2D eigenvalue weighted by Crippen LogP contribution is 2.23. The number of hydrogen-bond donors (Lipinski definition) is 1. The normalized spacial score (nSPS) is 16.7. The molecule has 0 radical (unpaired) electrons. The van der Waals surface area contributed by atoms with Gasteiger partial charge in [-0.05, 0) is 48.7 Å². The Morgan fingerprint density at radius 3 is 2.56 bits per heavy atom. The van der Waals surface area contributed by atoms with Crippen LogP contribution in [0.4, 0.5) is 13.2 Å².